The third kappa shape index (κ3) is 3.22. The number of pyridine rings is 1. The van der Waals surface area contributed by atoms with Crippen LogP contribution in [0.4, 0.5) is 0 Å². The number of hydrogen-bond acceptors (Lipinski definition) is 3. The van der Waals surface area contributed by atoms with Crippen LogP contribution in [0.15, 0.2) is 24.4 Å². The molecule has 1 aromatic heterocycles. The number of hydrogen-bond donors (Lipinski definition) is 0. The van der Waals surface area contributed by atoms with Crippen LogP contribution >= 0.6 is 23.2 Å². The Morgan fingerprint density at radius 3 is 2.40 bits per heavy atom. The number of nitrogens with zero attached hydrogens (tertiary/aromatic N) is 2. The molecule has 0 atom stereocenters. The number of halogens is 2. The van der Waals surface area contributed by atoms with Crippen LogP contribution < -0.4 is 4.74 Å². The standard InChI is InChI=1S/C15H12Cl2N2O/c1-9-3-11(6-18)4-10(2)15(9)20-8-12-7-19-14(17)5-13(12)16/h3-5,7H,8H2,1-2H3. The number of aromatic nitrogens is 1. The fraction of sp³-hybridized carbons (Fsp3) is 0.200. The quantitative estimate of drug-likeness (QED) is 0.787. The van der Waals surface area contributed by atoms with Gasteiger partial charge in [0.15, 0.2) is 0 Å². The summed E-state index contributed by atoms with van der Waals surface area (Å²) in [7, 11) is 0. The number of benzene rings is 1. The Morgan fingerprint density at radius 2 is 1.85 bits per heavy atom. The average Bonchev–Trinajstić information content (AvgIpc) is 2.39. The molecule has 0 aliphatic rings. The second-order valence-electron chi connectivity index (χ2n) is 4.44. The van der Waals surface area contributed by atoms with Crippen LogP contribution in [0.25, 0.3) is 0 Å². The van der Waals surface area contributed by atoms with Gasteiger partial charge in [0, 0.05) is 11.8 Å². The molecular formula is C15H12Cl2N2O. The van der Waals surface area contributed by atoms with Crippen molar-refractivity contribution in [3.05, 3.63) is 56.8 Å². The number of ether oxygens (including phenoxy) is 1. The largest absolute Gasteiger partial charge is 0.488 e. The Hall–Kier alpha value is -1.76. The van der Waals surface area contributed by atoms with E-state index in [0.29, 0.717) is 22.3 Å². The second kappa shape index (κ2) is 6.13. The molecule has 0 N–H and O–H groups in total. The summed E-state index contributed by atoms with van der Waals surface area (Å²) in [5.41, 5.74) is 3.22. The van der Waals surface area contributed by atoms with E-state index in [9.17, 15) is 0 Å². The summed E-state index contributed by atoms with van der Waals surface area (Å²) in [6, 6.07) is 7.30. The van der Waals surface area contributed by atoms with Gasteiger partial charge in [-0.15, -0.1) is 0 Å². The molecule has 2 aromatic rings. The first-order valence-electron chi connectivity index (χ1n) is 5.95. The van der Waals surface area contributed by atoms with Gasteiger partial charge in [-0.05, 0) is 43.2 Å². The SMILES string of the molecule is Cc1cc(C#N)cc(C)c1OCc1cnc(Cl)cc1Cl. The van der Waals surface area contributed by atoms with Gasteiger partial charge in [0.25, 0.3) is 0 Å². The lowest BCUT2D eigenvalue weighted by molar-refractivity contribution is 0.301. The minimum absolute atomic E-state index is 0.302. The van der Waals surface area contributed by atoms with Crippen molar-refractivity contribution in [3.8, 4) is 11.8 Å². The first kappa shape index (κ1) is 14.6. The molecule has 0 aliphatic carbocycles. The van der Waals surface area contributed by atoms with Gasteiger partial charge in [-0.1, -0.05) is 23.2 Å². The van der Waals surface area contributed by atoms with E-state index in [-0.39, 0.29) is 0 Å². The topological polar surface area (TPSA) is 45.9 Å². The lowest BCUT2D eigenvalue weighted by Crippen LogP contribution is -2.01. The van der Waals surface area contributed by atoms with Crippen LogP contribution in [0, 0.1) is 25.2 Å². The zero-order chi connectivity index (χ0) is 14.7. The normalized spacial score (nSPS) is 10.2. The summed E-state index contributed by atoms with van der Waals surface area (Å²) < 4.78 is 5.80. The van der Waals surface area contributed by atoms with Crippen LogP contribution in [0.5, 0.6) is 5.75 Å². The van der Waals surface area contributed by atoms with Crippen molar-refractivity contribution in [2.75, 3.05) is 0 Å². The molecule has 0 saturated carbocycles. The second-order valence-corrected chi connectivity index (χ2v) is 5.23. The van der Waals surface area contributed by atoms with Crippen molar-refractivity contribution in [2.45, 2.75) is 20.5 Å². The third-order valence-electron chi connectivity index (χ3n) is 2.86. The van der Waals surface area contributed by atoms with E-state index >= 15 is 0 Å². The van der Waals surface area contributed by atoms with E-state index in [1.807, 2.05) is 13.8 Å². The number of nitriles is 1. The van der Waals surface area contributed by atoms with Crippen molar-refractivity contribution in [3.63, 3.8) is 0 Å². The third-order valence-corrected chi connectivity index (χ3v) is 3.42. The summed E-state index contributed by atoms with van der Waals surface area (Å²) in [5, 5.41) is 9.79. The van der Waals surface area contributed by atoms with Gasteiger partial charge in [-0.2, -0.15) is 5.26 Å². The van der Waals surface area contributed by atoms with Gasteiger partial charge in [-0.3, -0.25) is 0 Å². The van der Waals surface area contributed by atoms with Crippen molar-refractivity contribution in [2.24, 2.45) is 0 Å². The molecule has 0 bridgehead atoms. The van der Waals surface area contributed by atoms with E-state index in [1.54, 1.807) is 24.4 Å². The Balaban J connectivity index is 2.21. The summed E-state index contributed by atoms with van der Waals surface area (Å²) >= 11 is 11.8. The van der Waals surface area contributed by atoms with Crippen LogP contribution in [-0.2, 0) is 6.61 Å². The predicted molar refractivity (Wildman–Crippen MR) is 79.2 cm³/mol. The number of aryl methyl sites for hydroxylation is 2. The molecule has 1 aromatic carbocycles. The van der Waals surface area contributed by atoms with Gasteiger partial charge < -0.3 is 4.74 Å². The molecule has 3 nitrogen and oxygen atoms in total. The Morgan fingerprint density at radius 1 is 1.20 bits per heavy atom. The molecule has 0 radical (unpaired) electrons. The molecular weight excluding hydrogens is 295 g/mol. The maximum absolute atomic E-state index is 8.92. The molecule has 1 heterocycles. The van der Waals surface area contributed by atoms with Crippen molar-refractivity contribution < 1.29 is 4.74 Å². The number of rotatable bonds is 3. The molecule has 0 spiro atoms. The minimum Gasteiger partial charge on any atom is -0.488 e. The van der Waals surface area contributed by atoms with Crippen LogP contribution in [0.2, 0.25) is 10.2 Å². The van der Waals surface area contributed by atoms with Gasteiger partial charge in [0.2, 0.25) is 0 Å². The minimum atomic E-state index is 0.302. The summed E-state index contributed by atoms with van der Waals surface area (Å²) in [6.45, 7) is 4.12. The molecule has 102 valence electrons. The molecule has 2 rings (SSSR count). The van der Waals surface area contributed by atoms with Gasteiger partial charge in [-0.25, -0.2) is 4.98 Å². The van der Waals surface area contributed by atoms with E-state index in [0.717, 1.165) is 22.4 Å². The fourth-order valence-corrected chi connectivity index (χ4v) is 2.35. The highest BCUT2D eigenvalue weighted by Gasteiger charge is 2.09. The molecule has 20 heavy (non-hydrogen) atoms. The van der Waals surface area contributed by atoms with E-state index in [1.165, 1.54) is 0 Å². The molecule has 5 heteroatoms. The first-order valence-corrected chi connectivity index (χ1v) is 6.71. The maximum Gasteiger partial charge on any atom is 0.130 e. The highest BCUT2D eigenvalue weighted by molar-refractivity contribution is 6.34. The van der Waals surface area contributed by atoms with E-state index < -0.39 is 0 Å². The van der Waals surface area contributed by atoms with Crippen LogP contribution in [0.3, 0.4) is 0 Å². The lowest BCUT2D eigenvalue weighted by Gasteiger charge is -2.13. The summed E-state index contributed by atoms with van der Waals surface area (Å²) in [4.78, 5) is 3.98. The predicted octanol–water partition coefficient (Wildman–Crippen LogP) is 4.46. The van der Waals surface area contributed by atoms with Crippen molar-refractivity contribution in [1.82, 2.24) is 4.98 Å². The lowest BCUT2D eigenvalue weighted by atomic mass is 10.1. The molecule has 0 unspecified atom stereocenters. The molecule has 0 saturated heterocycles. The average molecular weight is 307 g/mol. The van der Waals surface area contributed by atoms with Crippen LogP contribution in [-0.4, -0.2) is 4.98 Å². The van der Waals surface area contributed by atoms with E-state index in [2.05, 4.69) is 11.1 Å². The van der Waals surface area contributed by atoms with Gasteiger partial charge >= 0.3 is 0 Å². The van der Waals surface area contributed by atoms with Crippen molar-refractivity contribution >= 4 is 23.2 Å². The summed E-state index contributed by atoms with van der Waals surface area (Å²) in [5.74, 6) is 0.759. The fourth-order valence-electron chi connectivity index (χ4n) is 1.93. The van der Waals surface area contributed by atoms with Gasteiger partial charge in [0.1, 0.15) is 17.5 Å². The zero-order valence-corrected chi connectivity index (χ0v) is 12.6. The Labute approximate surface area is 127 Å². The maximum atomic E-state index is 8.92. The van der Waals surface area contributed by atoms with Gasteiger partial charge in [0.05, 0.1) is 16.7 Å². The first-order chi connectivity index (χ1) is 9.51. The monoisotopic (exact) mass is 306 g/mol. The van der Waals surface area contributed by atoms with E-state index in [4.69, 9.17) is 33.2 Å². The highest BCUT2D eigenvalue weighted by Crippen LogP contribution is 2.27. The van der Waals surface area contributed by atoms with Crippen molar-refractivity contribution in [1.29, 1.82) is 5.26 Å². The molecule has 0 fully saturated rings. The molecule has 0 amide bonds. The smallest absolute Gasteiger partial charge is 0.130 e. The highest BCUT2D eigenvalue weighted by atomic mass is 35.5. The Kier molecular flexibility index (Phi) is 4.49. The summed E-state index contributed by atoms with van der Waals surface area (Å²) in [6.07, 6.45) is 1.60. The zero-order valence-electron chi connectivity index (χ0n) is 11.1. The van der Waals surface area contributed by atoms with Crippen LogP contribution in [0.1, 0.15) is 22.3 Å². The Bertz CT molecular complexity index is 670. The molecule has 0 aliphatic heterocycles.